The molecule has 0 atom stereocenters. The summed E-state index contributed by atoms with van der Waals surface area (Å²) >= 11 is 0. The Kier molecular flexibility index (Phi) is 4.55. The Balaban J connectivity index is 2.05. The third-order valence-corrected chi connectivity index (χ3v) is 4.92. The first-order valence-corrected chi connectivity index (χ1v) is 9.37. The number of rotatable bonds is 4. The predicted molar refractivity (Wildman–Crippen MR) is 117 cm³/mol. The van der Waals surface area contributed by atoms with Crippen LogP contribution in [0.1, 0.15) is 25.8 Å². The van der Waals surface area contributed by atoms with Crippen molar-refractivity contribution in [2.45, 2.75) is 20.3 Å². The second kappa shape index (κ2) is 7.16. The maximum Gasteiger partial charge on any atom is 0.145 e. The molecule has 1 heterocycles. The highest BCUT2D eigenvalue weighted by Crippen LogP contribution is 2.41. The van der Waals surface area contributed by atoms with Gasteiger partial charge < -0.3 is 10.2 Å². The molecule has 2 N–H and O–H groups in total. The first kappa shape index (κ1) is 17.2. The molecule has 0 amide bonds. The third-order valence-electron chi connectivity index (χ3n) is 4.92. The topological polar surface area (TPSA) is 39.2 Å². The zero-order chi connectivity index (χ0) is 18.8. The van der Waals surface area contributed by atoms with Crippen molar-refractivity contribution in [1.82, 2.24) is 0 Å². The molecule has 0 unspecified atom stereocenters. The molecule has 0 radical (unpaired) electrons. The average molecular weight is 353 g/mol. The van der Waals surface area contributed by atoms with Crippen LogP contribution in [0.25, 0.3) is 38.6 Å². The normalized spacial score (nSPS) is 12.4. The van der Waals surface area contributed by atoms with E-state index in [2.05, 4.69) is 62.4 Å². The molecule has 0 fully saturated rings. The van der Waals surface area contributed by atoms with Gasteiger partial charge in [-0.1, -0.05) is 73.7 Å². The van der Waals surface area contributed by atoms with Gasteiger partial charge in [0.2, 0.25) is 0 Å². The Morgan fingerprint density at radius 1 is 0.963 bits per heavy atom. The van der Waals surface area contributed by atoms with Gasteiger partial charge in [-0.2, -0.15) is 0 Å². The number of nitrogen functional groups attached to an aromatic ring is 1. The highest BCUT2D eigenvalue weighted by atomic mass is 16.3. The van der Waals surface area contributed by atoms with Gasteiger partial charge in [0.15, 0.2) is 0 Å². The lowest BCUT2D eigenvalue weighted by molar-refractivity contribution is 0.669. The number of hydrogen-bond acceptors (Lipinski definition) is 2. The predicted octanol–water partition coefficient (Wildman–Crippen LogP) is 7.20. The van der Waals surface area contributed by atoms with Crippen molar-refractivity contribution >= 4 is 33.2 Å². The number of anilines is 1. The summed E-state index contributed by atoms with van der Waals surface area (Å²) in [6.07, 6.45) is 7.44. The number of hydrogen-bond donors (Lipinski definition) is 1. The van der Waals surface area contributed by atoms with Crippen LogP contribution < -0.4 is 5.73 Å². The average Bonchev–Trinajstić information content (AvgIpc) is 3.10. The van der Waals surface area contributed by atoms with E-state index in [0.29, 0.717) is 0 Å². The fraction of sp³-hybridized carbons (Fsp3) is 0.120. The van der Waals surface area contributed by atoms with Crippen molar-refractivity contribution in [1.29, 1.82) is 0 Å². The zero-order valence-electron chi connectivity index (χ0n) is 15.7. The number of furan rings is 1. The summed E-state index contributed by atoms with van der Waals surface area (Å²) in [4.78, 5) is 0. The molecule has 0 aliphatic carbocycles. The van der Waals surface area contributed by atoms with Crippen LogP contribution in [0.15, 0.2) is 83.3 Å². The SMILES string of the molecule is C/C=C(\C=C/CC)c1cccc2c1oc1c(-c3ccccc3)ccc(N)c12. The van der Waals surface area contributed by atoms with Gasteiger partial charge in [0.05, 0.1) is 5.39 Å². The molecule has 1 aromatic heterocycles. The number of benzene rings is 3. The fourth-order valence-corrected chi connectivity index (χ4v) is 3.59. The van der Waals surface area contributed by atoms with Crippen molar-refractivity contribution in [3.8, 4) is 11.1 Å². The smallest absolute Gasteiger partial charge is 0.145 e. The number of para-hydroxylation sites is 1. The molecule has 4 rings (SSSR count). The van der Waals surface area contributed by atoms with Gasteiger partial charge in [-0.05, 0) is 36.6 Å². The van der Waals surface area contributed by atoms with E-state index >= 15 is 0 Å². The lowest BCUT2D eigenvalue weighted by atomic mass is 9.99. The molecule has 0 bridgehead atoms. The molecule has 4 aromatic rings. The highest BCUT2D eigenvalue weighted by Gasteiger charge is 2.17. The molecule has 2 nitrogen and oxygen atoms in total. The minimum Gasteiger partial charge on any atom is -0.455 e. The number of fused-ring (bicyclic) bond motifs is 3. The molecule has 3 aromatic carbocycles. The number of nitrogens with two attached hydrogens (primary N) is 1. The van der Waals surface area contributed by atoms with Gasteiger partial charge in [0.25, 0.3) is 0 Å². The van der Waals surface area contributed by atoms with E-state index in [1.165, 1.54) is 0 Å². The summed E-state index contributed by atoms with van der Waals surface area (Å²) in [7, 11) is 0. The molecule has 0 aliphatic heterocycles. The van der Waals surface area contributed by atoms with Crippen LogP contribution in [-0.2, 0) is 0 Å². The first-order valence-electron chi connectivity index (χ1n) is 9.37. The lowest BCUT2D eigenvalue weighted by Crippen LogP contribution is -1.87. The summed E-state index contributed by atoms with van der Waals surface area (Å²) in [6, 6.07) is 20.6. The van der Waals surface area contributed by atoms with Crippen molar-refractivity contribution in [2.24, 2.45) is 0 Å². The molecular formula is C25H23NO. The first-order chi connectivity index (χ1) is 13.2. The fourth-order valence-electron chi connectivity index (χ4n) is 3.59. The second-order valence-corrected chi connectivity index (χ2v) is 6.61. The molecule has 27 heavy (non-hydrogen) atoms. The Bertz CT molecular complexity index is 1160. The summed E-state index contributed by atoms with van der Waals surface area (Å²) in [5, 5.41) is 2.05. The summed E-state index contributed by atoms with van der Waals surface area (Å²) in [6.45, 7) is 4.19. The minimum atomic E-state index is 0.742. The lowest BCUT2D eigenvalue weighted by Gasteiger charge is -2.04. The molecule has 0 aliphatic rings. The maximum absolute atomic E-state index is 6.46. The van der Waals surface area contributed by atoms with Crippen molar-refractivity contribution in [3.05, 3.63) is 84.5 Å². The van der Waals surface area contributed by atoms with E-state index in [-0.39, 0.29) is 0 Å². The standard InChI is InChI=1S/C25H23NO/c1-3-5-10-17(4-2)19-13-9-14-21-23-22(26)16-15-20(25(23)27-24(19)21)18-11-7-6-8-12-18/h4-16H,3,26H2,1-2H3/b10-5-,17-4+. The maximum atomic E-state index is 6.46. The monoisotopic (exact) mass is 353 g/mol. The molecule has 0 saturated heterocycles. The third kappa shape index (κ3) is 2.93. The van der Waals surface area contributed by atoms with E-state index in [0.717, 1.165) is 56.3 Å². The Labute approximate surface area is 159 Å². The van der Waals surface area contributed by atoms with Gasteiger partial charge in [0, 0.05) is 22.2 Å². The largest absolute Gasteiger partial charge is 0.455 e. The van der Waals surface area contributed by atoms with Gasteiger partial charge >= 0.3 is 0 Å². The van der Waals surface area contributed by atoms with Crippen LogP contribution in [0.2, 0.25) is 0 Å². The van der Waals surface area contributed by atoms with Gasteiger partial charge in [0.1, 0.15) is 11.2 Å². The summed E-state index contributed by atoms with van der Waals surface area (Å²) in [5.74, 6) is 0. The molecule has 0 spiro atoms. The van der Waals surface area contributed by atoms with E-state index in [1.54, 1.807) is 0 Å². The zero-order valence-corrected chi connectivity index (χ0v) is 15.7. The molecular weight excluding hydrogens is 330 g/mol. The second-order valence-electron chi connectivity index (χ2n) is 6.61. The van der Waals surface area contributed by atoms with Gasteiger partial charge in [-0.25, -0.2) is 0 Å². The Morgan fingerprint density at radius 2 is 1.78 bits per heavy atom. The van der Waals surface area contributed by atoms with Gasteiger partial charge in [-0.15, -0.1) is 0 Å². The highest BCUT2D eigenvalue weighted by molar-refractivity contribution is 6.16. The minimum absolute atomic E-state index is 0.742. The van der Waals surface area contributed by atoms with Gasteiger partial charge in [-0.3, -0.25) is 0 Å². The summed E-state index contributed by atoms with van der Waals surface area (Å²) in [5.41, 5.74) is 13.3. The number of allylic oxidation sites excluding steroid dienone is 4. The van der Waals surface area contributed by atoms with Crippen molar-refractivity contribution < 1.29 is 4.42 Å². The Morgan fingerprint density at radius 3 is 2.52 bits per heavy atom. The van der Waals surface area contributed by atoms with Crippen LogP contribution in [0, 0.1) is 0 Å². The summed E-state index contributed by atoms with van der Waals surface area (Å²) < 4.78 is 6.46. The molecule has 2 heteroatoms. The molecule has 0 saturated carbocycles. The van der Waals surface area contributed by atoms with E-state index in [1.807, 2.05) is 30.3 Å². The molecule has 134 valence electrons. The van der Waals surface area contributed by atoms with E-state index in [4.69, 9.17) is 10.2 Å². The quantitative estimate of drug-likeness (QED) is 0.311. The van der Waals surface area contributed by atoms with Crippen molar-refractivity contribution in [2.75, 3.05) is 5.73 Å². The van der Waals surface area contributed by atoms with E-state index in [9.17, 15) is 0 Å². The Hall–Kier alpha value is -3.26. The van der Waals surface area contributed by atoms with Crippen LogP contribution in [-0.4, -0.2) is 0 Å². The van der Waals surface area contributed by atoms with Crippen LogP contribution in [0.4, 0.5) is 5.69 Å². The van der Waals surface area contributed by atoms with Crippen LogP contribution in [0.5, 0.6) is 0 Å². The van der Waals surface area contributed by atoms with Crippen molar-refractivity contribution in [3.63, 3.8) is 0 Å². The van der Waals surface area contributed by atoms with Crippen LogP contribution in [0.3, 0.4) is 0 Å². The van der Waals surface area contributed by atoms with Crippen LogP contribution >= 0.6 is 0 Å². The van der Waals surface area contributed by atoms with E-state index < -0.39 is 0 Å².